The minimum Gasteiger partial charge on any atom is -0.507 e. The van der Waals surface area contributed by atoms with Crippen molar-refractivity contribution < 1.29 is 28.9 Å². The topological polar surface area (TPSA) is 101 Å². The van der Waals surface area contributed by atoms with Gasteiger partial charge in [-0.05, 0) is 42.8 Å². The number of aromatic amines is 1. The number of hydrogen-bond donors (Lipinski definition) is 2. The molecule has 0 spiro atoms. The SMILES string of the molecule is CCOc1cc(C2/C(=C(/O)c3c[nH]c4ccccc34)C(=O)C(=O)N2c2ccccc2OC)ccc1OC. The number of H-pyrrole nitrogens is 1. The van der Waals surface area contributed by atoms with Gasteiger partial charge in [0.1, 0.15) is 11.5 Å². The third-order valence-electron chi connectivity index (χ3n) is 6.44. The van der Waals surface area contributed by atoms with E-state index in [1.165, 1.54) is 19.1 Å². The lowest BCUT2D eigenvalue weighted by molar-refractivity contribution is -0.132. The zero-order valence-corrected chi connectivity index (χ0v) is 20.6. The fourth-order valence-corrected chi connectivity index (χ4v) is 4.77. The second kappa shape index (κ2) is 9.73. The number of aliphatic hydroxyl groups excluding tert-OH is 1. The van der Waals surface area contributed by atoms with Crippen LogP contribution in [-0.2, 0) is 9.59 Å². The third kappa shape index (κ3) is 3.96. The summed E-state index contributed by atoms with van der Waals surface area (Å²) in [4.78, 5) is 31.6. The average molecular weight is 499 g/mol. The van der Waals surface area contributed by atoms with Crippen LogP contribution in [0.4, 0.5) is 5.69 Å². The van der Waals surface area contributed by atoms with Crippen LogP contribution >= 0.6 is 0 Å². The van der Waals surface area contributed by atoms with Gasteiger partial charge in [0.15, 0.2) is 11.5 Å². The first-order chi connectivity index (χ1) is 18.0. The highest BCUT2D eigenvalue weighted by Gasteiger charge is 2.48. The lowest BCUT2D eigenvalue weighted by Gasteiger charge is -2.27. The van der Waals surface area contributed by atoms with Gasteiger partial charge < -0.3 is 24.3 Å². The molecule has 1 aromatic heterocycles. The molecule has 2 heterocycles. The molecule has 8 nitrogen and oxygen atoms in total. The van der Waals surface area contributed by atoms with Gasteiger partial charge in [0.25, 0.3) is 11.7 Å². The van der Waals surface area contributed by atoms with Crippen LogP contribution in [0.25, 0.3) is 16.7 Å². The van der Waals surface area contributed by atoms with E-state index in [9.17, 15) is 14.7 Å². The maximum absolute atomic E-state index is 13.6. The van der Waals surface area contributed by atoms with E-state index in [1.54, 1.807) is 48.7 Å². The minimum atomic E-state index is -0.949. The molecule has 1 unspecified atom stereocenters. The molecule has 188 valence electrons. The molecule has 0 saturated carbocycles. The van der Waals surface area contributed by atoms with Gasteiger partial charge in [0.05, 0.1) is 38.1 Å². The standard InChI is InChI=1S/C29H26N2O6/c1-4-37-24-15-17(13-14-23(24)36-3)26-25(27(32)19-16-30-20-10-6-5-9-18(19)20)28(33)29(34)31(26)21-11-7-8-12-22(21)35-2/h5-16,26,30,32H,4H2,1-3H3/b27-25-. The Kier molecular flexibility index (Phi) is 6.31. The number of nitrogens with one attached hydrogen (secondary N) is 1. The van der Waals surface area contributed by atoms with Gasteiger partial charge in [0.2, 0.25) is 0 Å². The van der Waals surface area contributed by atoms with Crippen molar-refractivity contribution in [1.82, 2.24) is 4.98 Å². The molecular weight excluding hydrogens is 472 g/mol. The van der Waals surface area contributed by atoms with E-state index in [2.05, 4.69) is 4.98 Å². The van der Waals surface area contributed by atoms with Gasteiger partial charge in [-0.25, -0.2) is 0 Å². The lowest BCUT2D eigenvalue weighted by Crippen LogP contribution is -2.29. The number of fused-ring (bicyclic) bond motifs is 1. The van der Waals surface area contributed by atoms with E-state index >= 15 is 0 Å². The number of rotatable bonds is 7. The number of carbonyl (C=O) groups excluding carboxylic acids is 2. The molecule has 0 aliphatic carbocycles. The van der Waals surface area contributed by atoms with Crippen LogP contribution in [0.1, 0.15) is 24.1 Å². The quantitative estimate of drug-likeness (QED) is 0.206. The number of anilines is 1. The summed E-state index contributed by atoms with van der Waals surface area (Å²) in [7, 11) is 3.03. The second-order valence-electron chi connectivity index (χ2n) is 8.43. The number of aliphatic hydroxyl groups is 1. The molecule has 3 aromatic carbocycles. The van der Waals surface area contributed by atoms with Crippen LogP contribution in [0.15, 0.2) is 78.5 Å². The maximum atomic E-state index is 13.6. The summed E-state index contributed by atoms with van der Waals surface area (Å²) < 4.78 is 16.7. The van der Waals surface area contributed by atoms with Gasteiger partial charge in [-0.15, -0.1) is 0 Å². The van der Waals surface area contributed by atoms with E-state index in [1.807, 2.05) is 31.2 Å². The predicted molar refractivity (Wildman–Crippen MR) is 140 cm³/mol. The van der Waals surface area contributed by atoms with Crippen LogP contribution < -0.4 is 19.1 Å². The van der Waals surface area contributed by atoms with Crippen molar-refractivity contribution in [2.45, 2.75) is 13.0 Å². The molecule has 4 aromatic rings. The Balaban J connectivity index is 1.78. The first kappa shape index (κ1) is 24.0. The molecule has 2 N–H and O–H groups in total. The summed E-state index contributed by atoms with van der Waals surface area (Å²) >= 11 is 0. The van der Waals surface area contributed by atoms with Gasteiger partial charge in [0, 0.05) is 22.7 Å². The number of benzene rings is 3. The highest BCUT2D eigenvalue weighted by Crippen LogP contribution is 2.46. The third-order valence-corrected chi connectivity index (χ3v) is 6.44. The Morgan fingerprint density at radius 3 is 2.43 bits per heavy atom. The zero-order chi connectivity index (χ0) is 26.1. The second-order valence-corrected chi connectivity index (χ2v) is 8.43. The highest BCUT2D eigenvalue weighted by atomic mass is 16.5. The van der Waals surface area contributed by atoms with Crippen molar-refractivity contribution >= 4 is 34.0 Å². The van der Waals surface area contributed by atoms with Crippen LogP contribution in [0.5, 0.6) is 17.2 Å². The molecule has 1 aliphatic heterocycles. The number of para-hydroxylation sites is 3. The summed E-state index contributed by atoms with van der Waals surface area (Å²) in [5.41, 5.74) is 2.16. The number of amides is 1. The first-order valence-electron chi connectivity index (χ1n) is 11.8. The van der Waals surface area contributed by atoms with Crippen LogP contribution in [0, 0.1) is 0 Å². The molecular formula is C29H26N2O6. The van der Waals surface area contributed by atoms with Crippen molar-refractivity contribution in [1.29, 1.82) is 0 Å². The first-order valence-corrected chi connectivity index (χ1v) is 11.8. The highest BCUT2D eigenvalue weighted by molar-refractivity contribution is 6.52. The smallest absolute Gasteiger partial charge is 0.300 e. The monoisotopic (exact) mass is 498 g/mol. The number of methoxy groups -OCH3 is 2. The van der Waals surface area contributed by atoms with Crippen molar-refractivity contribution in [3.8, 4) is 17.2 Å². The normalized spacial score (nSPS) is 16.8. The number of carbonyl (C=O) groups is 2. The predicted octanol–water partition coefficient (Wildman–Crippen LogP) is 5.21. The zero-order valence-electron chi connectivity index (χ0n) is 20.6. The fraction of sp³-hybridized carbons (Fsp3) is 0.172. The average Bonchev–Trinajstić information content (AvgIpc) is 3.47. The van der Waals surface area contributed by atoms with Gasteiger partial charge >= 0.3 is 0 Å². The Labute approximate surface area is 213 Å². The summed E-state index contributed by atoms with van der Waals surface area (Å²) in [5, 5.41) is 12.3. The van der Waals surface area contributed by atoms with Gasteiger partial charge in [-0.2, -0.15) is 0 Å². The largest absolute Gasteiger partial charge is 0.507 e. The summed E-state index contributed by atoms with van der Waals surface area (Å²) in [6.07, 6.45) is 1.63. The molecule has 5 rings (SSSR count). The number of hydrogen-bond acceptors (Lipinski definition) is 6. The number of nitrogens with zero attached hydrogens (tertiary/aromatic N) is 1. The van der Waals surface area contributed by atoms with E-state index < -0.39 is 17.7 Å². The summed E-state index contributed by atoms with van der Waals surface area (Å²) in [6, 6.07) is 18.6. The number of ketones is 1. The van der Waals surface area contributed by atoms with E-state index in [4.69, 9.17) is 14.2 Å². The maximum Gasteiger partial charge on any atom is 0.300 e. The van der Waals surface area contributed by atoms with Crippen LogP contribution in [0.3, 0.4) is 0 Å². The number of Topliss-reactive ketones (excluding diaryl/α,β-unsaturated/α-hetero) is 1. The van der Waals surface area contributed by atoms with Gasteiger partial charge in [-0.3, -0.25) is 14.5 Å². The molecule has 1 atom stereocenters. The Bertz CT molecular complexity index is 1540. The Morgan fingerprint density at radius 2 is 1.68 bits per heavy atom. The van der Waals surface area contributed by atoms with Gasteiger partial charge in [-0.1, -0.05) is 36.4 Å². The van der Waals surface area contributed by atoms with Crippen molar-refractivity contribution in [2.75, 3.05) is 25.7 Å². The molecule has 1 amide bonds. The van der Waals surface area contributed by atoms with Crippen molar-refractivity contribution in [3.05, 3.63) is 89.6 Å². The summed E-state index contributed by atoms with van der Waals surface area (Å²) in [6.45, 7) is 2.24. The number of ether oxygens (including phenoxy) is 3. The van der Waals surface area contributed by atoms with E-state index in [0.29, 0.717) is 40.7 Å². The number of aromatic nitrogens is 1. The van der Waals surface area contributed by atoms with E-state index in [-0.39, 0.29) is 11.3 Å². The van der Waals surface area contributed by atoms with Crippen LogP contribution in [0.2, 0.25) is 0 Å². The molecule has 0 radical (unpaired) electrons. The van der Waals surface area contributed by atoms with Crippen molar-refractivity contribution in [3.63, 3.8) is 0 Å². The fourth-order valence-electron chi connectivity index (χ4n) is 4.77. The molecule has 1 saturated heterocycles. The molecule has 8 heteroatoms. The Morgan fingerprint density at radius 1 is 0.946 bits per heavy atom. The summed E-state index contributed by atoms with van der Waals surface area (Å²) in [5.74, 6) is -0.458. The molecule has 1 fully saturated rings. The molecule has 0 bridgehead atoms. The van der Waals surface area contributed by atoms with Crippen LogP contribution in [-0.4, -0.2) is 42.6 Å². The van der Waals surface area contributed by atoms with Crippen molar-refractivity contribution in [2.24, 2.45) is 0 Å². The minimum absolute atomic E-state index is 0.0340. The molecule has 37 heavy (non-hydrogen) atoms. The Hall–Kier alpha value is -4.72. The lowest BCUT2D eigenvalue weighted by atomic mass is 9.94. The molecule has 1 aliphatic rings. The van der Waals surface area contributed by atoms with E-state index in [0.717, 1.165) is 10.9 Å².